The van der Waals surface area contributed by atoms with Gasteiger partial charge in [0.1, 0.15) is 5.58 Å². The number of carbonyl (C=O) groups excluding carboxylic acids is 2. The van der Waals surface area contributed by atoms with Crippen molar-refractivity contribution >= 4 is 22.7 Å². The lowest BCUT2D eigenvalue weighted by molar-refractivity contribution is 0.0467. The molecule has 0 radical (unpaired) electrons. The molecule has 3 rings (SSSR count). The van der Waals surface area contributed by atoms with E-state index in [9.17, 15) is 9.59 Å². The van der Waals surface area contributed by atoms with Gasteiger partial charge in [-0.05, 0) is 30.7 Å². The minimum absolute atomic E-state index is 0.193. The van der Waals surface area contributed by atoms with Gasteiger partial charge in [-0.2, -0.15) is 0 Å². The Labute approximate surface area is 127 Å². The summed E-state index contributed by atoms with van der Waals surface area (Å²) in [5.74, 6) is -0.681. The van der Waals surface area contributed by atoms with Gasteiger partial charge in [-0.3, -0.25) is 4.79 Å². The molecular formula is C18H14O4. The molecule has 0 atom stereocenters. The first-order valence-corrected chi connectivity index (χ1v) is 6.89. The van der Waals surface area contributed by atoms with Crippen LogP contribution in [-0.2, 0) is 4.74 Å². The van der Waals surface area contributed by atoms with Crippen molar-refractivity contribution in [1.29, 1.82) is 0 Å². The third-order valence-electron chi connectivity index (χ3n) is 3.40. The maximum absolute atomic E-state index is 12.1. The molecule has 0 saturated heterocycles. The van der Waals surface area contributed by atoms with Crippen LogP contribution in [0.4, 0.5) is 0 Å². The molecule has 0 unspecified atom stereocenters. The number of ether oxygens (including phenoxy) is 1. The highest BCUT2D eigenvalue weighted by Crippen LogP contribution is 2.19. The summed E-state index contributed by atoms with van der Waals surface area (Å²) in [6.45, 7) is 1.48. The van der Waals surface area contributed by atoms with Gasteiger partial charge in [0.15, 0.2) is 12.4 Å². The van der Waals surface area contributed by atoms with Crippen molar-refractivity contribution in [3.8, 4) is 0 Å². The number of esters is 1. The third kappa shape index (κ3) is 2.76. The molecule has 1 aromatic heterocycles. The first-order chi connectivity index (χ1) is 10.6. The Morgan fingerprint density at radius 3 is 2.55 bits per heavy atom. The number of rotatable bonds is 4. The summed E-state index contributed by atoms with van der Waals surface area (Å²) in [6.07, 6.45) is 0. The molecule has 0 saturated carbocycles. The van der Waals surface area contributed by atoms with E-state index in [2.05, 4.69) is 0 Å². The average molecular weight is 294 g/mol. The Bertz CT molecular complexity index is 812. The normalized spacial score (nSPS) is 10.6. The van der Waals surface area contributed by atoms with E-state index < -0.39 is 5.97 Å². The molecule has 3 aromatic rings. The van der Waals surface area contributed by atoms with E-state index in [1.54, 1.807) is 24.3 Å². The molecule has 2 aromatic carbocycles. The Morgan fingerprint density at radius 2 is 1.77 bits per heavy atom. The molecule has 4 heteroatoms. The van der Waals surface area contributed by atoms with Gasteiger partial charge in [0.25, 0.3) is 0 Å². The van der Waals surface area contributed by atoms with Crippen molar-refractivity contribution in [2.75, 3.05) is 6.61 Å². The van der Waals surface area contributed by atoms with Crippen LogP contribution in [-0.4, -0.2) is 18.4 Å². The van der Waals surface area contributed by atoms with Gasteiger partial charge in [-0.1, -0.05) is 36.4 Å². The molecule has 1 heterocycles. The number of carbonyl (C=O) groups is 2. The Kier molecular flexibility index (Phi) is 3.74. The lowest BCUT2D eigenvalue weighted by Crippen LogP contribution is -2.14. The first-order valence-electron chi connectivity index (χ1n) is 6.89. The van der Waals surface area contributed by atoms with Crippen molar-refractivity contribution in [3.05, 3.63) is 71.5 Å². The molecule has 0 N–H and O–H groups in total. The average Bonchev–Trinajstić information content (AvgIpc) is 2.97. The minimum Gasteiger partial charge on any atom is -0.454 e. The lowest BCUT2D eigenvalue weighted by atomic mass is 10.1. The van der Waals surface area contributed by atoms with Gasteiger partial charge in [0.2, 0.25) is 5.78 Å². The second-order valence-corrected chi connectivity index (χ2v) is 4.96. The van der Waals surface area contributed by atoms with E-state index in [0.29, 0.717) is 11.1 Å². The summed E-state index contributed by atoms with van der Waals surface area (Å²) >= 11 is 0. The highest BCUT2D eigenvalue weighted by atomic mass is 16.5. The lowest BCUT2D eigenvalue weighted by Gasteiger charge is -2.05. The van der Waals surface area contributed by atoms with Crippen LogP contribution in [0.3, 0.4) is 0 Å². The largest absolute Gasteiger partial charge is 0.454 e. The molecular weight excluding hydrogens is 280 g/mol. The Hall–Kier alpha value is -2.88. The van der Waals surface area contributed by atoms with E-state index in [4.69, 9.17) is 9.15 Å². The fourth-order valence-electron chi connectivity index (χ4n) is 2.20. The van der Waals surface area contributed by atoms with E-state index in [0.717, 1.165) is 10.9 Å². The molecule has 0 bridgehead atoms. The van der Waals surface area contributed by atoms with E-state index >= 15 is 0 Å². The molecule has 22 heavy (non-hydrogen) atoms. The summed E-state index contributed by atoms with van der Waals surface area (Å²) in [5.41, 5.74) is 1.90. The molecule has 4 nitrogen and oxygen atoms in total. The molecule has 0 aliphatic carbocycles. The monoisotopic (exact) mass is 294 g/mol. The maximum atomic E-state index is 12.1. The molecule has 0 aliphatic heterocycles. The summed E-state index contributed by atoms with van der Waals surface area (Å²) in [4.78, 5) is 24.0. The minimum atomic E-state index is -0.512. The van der Waals surface area contributed by atoms with Gasteiger partial charge in [-0.25, -0.2) is 4.79 Å². The third-order valence-corrected chi connectivity index (χ3v) is 3.40. The van der Waals surface area contributed by atoms with Crippen LogP contribution < -0.4 is 0 Å². The van der Waals surface area contributed by atoms with Crippen molar-refractivity contribution < 1.29 is 18.7 Å². The fourth-order valence-corrected chi connectivity index (χ4v) is 2.20. The molecule has 0 fully saturated rings. The van der Waals surface area contributed by atoms with Crippen LogP contribution in [0.1, 0.15) is 26.5 Å². The van der Waals surface area contributed by atoms with Crippen LogP contribution >= 0.6 is 0 Å². The van der Waals surface area contributed by atoms with Crippen molar-refractivity contribution in [2.24, 2.45) is 0 Å². The second kappa shape index (κ2) is 5.85. The summed E-state index contributed by atoms with van der Waals surface area (Å²) in [6, 6.07) is 16.1. The number of benzene rings is 2. The van der Waals surface area contributed by atoms with Crippen LogP contribution in [0.5, 0.6) is 0 Å². The standard InChI is InChI=1S/C18H14O4/c1-12-6-2-4-8-14(12)18(20)21-11-15(19)17-10-13-7-3-5-9-16(13)22-17/h2-10H,11H2,1H3. The number of hydrogen-bond acceptors (Lipinski definition) is 4. The SMILES string of the molecule is Cc1ccccc1C(=O)OCC(=O)c1cc2ccccc2o1. The predicted octanol–water partition coefficient (Wildman–Crippen LogP) is 3.78. The molecule has 0 amide bonds. The van der Waals surface area contributed by atoms with Gasteiger partial charge < -0.3 is 9.15 Å². The molecule has 0 aliphatic rings. The zero-order valence-corrected chi connectivity index (χ0v) is 12.0. The van der Waals surface area contributed by atoms with E-state index in [-0.39, 0.29) is 18.2 Å². The molecule has 110 valence electrons. The number of aryl methyl sites for hydroxylation is 1. The summed E-state index contributed by atoms with van der Waals surface area (Å²) in [5, 5.41) is 0.844. The van der Waals surface area contributed by atoms with Crippen LogP contribution in [0.2, 0.25) is 0 Å². The van der Waals surface area contributed by atoms with Crippen molar-refractivity contribution in [2.45, 2.75) is 6.92 Å². The highest BCUT2D eigenvalue weighted by molar-refractivity contribution is 6.00. The summed E-state index contributed by atoms with van der Waals surface area (Å²) < 4.78 is 10.5. The summed E-state index contributed by atoms with van der Waals surface area (Å²) in [7, 11) is 0. The number of hydrogen-bond donors (Lipinski definition) is 0. The topological polar surface area (TPSA) is 56.5 Å². The van der Waals surface area contributed by atoms with Crippen LogP contribution in [0.25, 0.3) is 11.0 Å². The molecule has 0 spiro atoms. The van der Waals surface area contributed by atoms with E-state index in [1.165, 1.54) is 0 Å². The zero-order valence-electron chi connectivity index (χ0n) is 12.0. The van der Waals surface area contributed by atoms with Crippen LogP contribution in [0.15, 0.2) is 59.0 Å². The Balaban J connectivity index is 1.69. The Morgan fingerprint density at radius 1 is 1.05 bits per heavy atom. The van der Waals surface area contributed by atoms with Crippen molar-refractivity contribution in [1.82, 2.24) is 0 Å². The highest BCUT2D eigenvalue weighted by Gasteiger charge is 2.16. The zero-order chi connectivity index (χ0) is 15.5. The van der Waals surface area contributed by atoms with Gasteiger partial charge in [0.05, 0.1) is 5.56 Å². The van der Waals surface area contributed by atoms with E-state index in [1.807, 2.05) is 37.3 Å². The number of Topliss-reactive ketones (excluding diaryl/α,β-unsaturated/α-hetero) is 1. The van der Waals surface area contributed by atoms with Crippen LogP contribution in [0, 0.1) is 6.92 Å². The number of furan rings is 1. The van der Waals surface area contributed by atoms with Gasteiger partial charge in [-0.15, -0.1) is 0 Å². The smallest absolute Gasteiger partial charge is 0.338 e. The predicted molar refractivity (Wildman–Crippen MR) is 82.0 cm³/mol. The number of para-hydroxylation sites is 1. The second-order valence-electron chi connectivity index (χ2n) is 4.96. The number of ketones is 1. The number of fused-ring (bicyclic) bond motifs is 1. The fraction of sp³-hybridized carbons (Fsp3) is 0.111. The van der Waals surface area contributed by atoms with Gasteiger partial charge >= 0.3 is 5.97 Å². The van der Waals surface area contributed by atoms with Gasteiger partial charge in [0, 0.05) is 5.39 Å². The first kappa shape index (κ1) is 14.1. The maximum Gasteiger partial charge on any atom is 0.338 e. The van der Waals surface area contributed by atoms with Crippen molar-refractivity contribution in [3.63, 3.8) is 0 Å². The quantitative estimate of drug-likeness (QED) is 0.543.